The number of hydrogen-bond donors (Lipinski definition) is 1. The van der Waals surface area contributed by atoms with E-state index in [9.17, 15) is 4.79 Å². The Bertz CT molecular complexity index is 405. The first kappa shape index (κ1) is 13.2. The van der Waals surface area contributed by atoms with Crippen molar-refractivity contribution in [2.24, 2.45) is 0 Å². The maximum atomic E-state index is 11.5. The average molecular weight is 270 g/mol. The van der Waals surface area contributed by atoms with Crippen molar-refractivity contribution in [3.8, 4) is 5.75 Å². The molecule has 0 spiro atoms. The van der Waals surface area contributed by atoms with Gasteiger partial charge in [0.2, 0.25) is 0 Å². The van der Waals surface area contributed by atoms with Gasteiger partial charge in [-0.15, -0.1) is 0 Å². The van der Waals surface area contributed by atoms with Crippen LogP contribution in [0.5, 0.6) is 5.75 Å². The Morgan fingerprint density at radius 2 is 2.33 bits per heavy atom. The van der Waals surface area contributed by atoms with Crippen LogP contribution in [0.3, 0.4) is 0 Å². The fourth-order valence-electron chi connectivity index (χ4n) is 1.79. The minimum Gasteiger partial charge on any atom is -0.482 e. The van der Waals surface area contributed by atoms with Crippen LogP contribution in [0.4, 0.5) is 0 Å². The quantitative estimate of drug-likeness (QED) is 0.890. The molecule has 1 saturated heterocycles. The van der Waals surface area contributed by atoms with Crippen molar-refractivity contribution in [1.29, 1.82) is 0 Å². The van der Waals surface area contributed by atoms with E-state index in [1.54, 1.807) is 12.1 Å². The van der Waals surface area contributed by atoms with Crippen molar-refractivity contribution < 1.29 is 14.3 Å². The van der Waals surface area contributed by atoms with E-state index in [1.807, 2.05) is 12.1 Å². The van der Waals surface area contributed by atoms with Crippen LogP contribution in [0.15, 0.2) is 24.3 Å². The summed E-state index contributed by atoms with van der Waals surface area (Å²) >= 11 is 5.91. The Morgan fingerprint density at radius 1 is 1.50 bits per heavy atom. The summed E-state index contributed by atoms with van der Waals surface area (Å²) in [5, 5.41) is 3.29. The number of halogens is 1. The fourth-order valence-corrected chi connectivity index (χ4v) is 1.98. The summed E-state index contributed by atoms with van der Waals surface area (Å²) < 4.78 is 10.7. The lowest BCUT2D eigenvalue weighted by molar-refractivity contribution is -0.123. The number of carbonyl (C=O) groups excluding carboxylic acids is 1. The van der Waals surface area contributed by atoms with Gasteiger partial charge in [-0.25, -0.2) is 0 Å². The van der Waals surface area contributed by atoms with Gasteiger partial charge in [0.1, 0.15) is 5.75 Å². The Kier molecular flexibility index (Phi) is 4.84. The van der Waals surface area contributed by atoms with Gasteiger partial charge < -0.3 is 14.8 Å². The molecule has 1 heterocycles. The van der Waals surface area contributed by atoms with E-state index in [4.69, 9.17) is 21.1 Å². The zero-order chi connectivity index (χ0) is 12.8. The van der Waals surface area contributed by atoms with Gasteiger partial charge in [0, 0.05) is 13.2 Å². The van der Waals surface area contributed by atoms with E-state index in [2.05, 4.69) is 5.32 Å². The molecule has 1 aromatic carbocycles. The number of amides is 1. The first-order chi connectivity index (χ1) is 8.75. The summed E-state index contributed by atoms with van der Waals surface area (Å²) in [5.74, 6) is 0.358. The van der Waals surface area contributed by atoms with Gasteiger partial charge in [-0.2, -0.15) is 0 Å². The average Bonchev–Trinajstić information content (AvgIpc) is 2.88. The summed E-state index contributed by atoms with van der Waals surface area (Å²) in [6.07, 6.45) is 2.22. The van der Waals surface area contributed by atoms with Gasteiger partial charge in [-0.1, -0.05) is 23.7 Å². The zero-order valence-corrected chi connectivity index (χ0v) is 10.8. The number of rotatable bonds is 5. The molecular weight excluding hydrogens is 254 g/mol. The lowest BCUT2D eigenvalue weighted by Crippen LogP contribution is -2.35. The molecule has 1 unspecified atom stereocenters. The van der Waals surface area contributed by atoms with Gasteiger partial charge in [0.25, 0.3) is 5.91 Å². The lowest BCUT2D eigenvalue weighted by Gasteiger charge is -2.11. The molecule has 1 N–H and O–H groups in total. The molecule has 0 bridgehead atoms. The molecule has 0 radical (unpaired) electrons. The van der Waals surface area contributed by atoms with E-state index in [0.29, 0.717) is 17.3 Å². The van der Waals surface area contributed by atoms with Crippen molar-refractivity contribution in [3.05, 3.63) is 29.3 Å². The van der Waals surface area contributed by atoms with Crippen molar-refractivity contribution in [2.75, 3.05) is 19.8 Å². The highest BCUT2D eigenvalue weighted by Gasteiger charge is 2.16. The predicted molar refractivity (Wildman–Crippen MR) is 68.9 cm³/mol. The van der Waals surface area contributed by atoms with Crippen molar-refractivity contribution in [2.45, 2.75) is 18.9 Å². The van der Waals surface area contributed by atoms with Crippen LogP contribution in [0.25, 0.3) is 0 Å². The largest absolute Gasteiger partial charge is 0.482 e. The molecule has 0 saturated carbocycles. The topological polar surface area (TPSA) is 47.6 Å². The summed E-state index contributed by atoms with van der Waals surface area (Å²) in [6.45, 7) is 1.30. The van der Waals surface area contributed by atoms with Gasteiger partial charge in [0.15, 0.2) is 6.61 Å². The first-order valence-electron chi connectivity index (χ1n) is 6.01. The number of para-hydroxylation sites is 1. The van der Waals surface area contributed by atoms with E-state index in [-0.39, 0.29) is 18.6 Å². The lowest BCUT2D eigenvalue weighted by atomic mass is 10.2. The third kappa shape index (κ3) is 3.89. The van der Waals surface area contributed by atoms with Crippen LogP contribution in [-0.4, -0.2) is 31.8 Å². The molecular formula is C13H16ClNO3. The molecule has 0 aromatic heterocycles. The van der Waals surface area contributed by atoms with Gasteiger partial charge in [-0.05, 0) is 25.0 Å². The third-order valence-corrected chi connectivity index (χ3v) is 3.06. The van der Waals surface area contributed by atoms with E-state index in [0.717, 1.165) is 19.4 Å². The summed E-state index contributed by atoms with van der Waals surface area (Å²) in [6, 6.07) is 7.08. The molecule has 98 valence electrons. The third-order valence-electron chi connectivity index (χ3n) is 2.75. The number of hydrogen-bond acceptors (Lipinski definition) is 3. The first-order valence-corrected chi connectivity index (χ1v) is 6.39. The SMILES string of the molecule is O=C(COc1ccccc1Cl)NCC1CCCO1. The van der Waals surface area contributed by atoms with E-state index < -0.39 is 0 Å². The Labute approximate surface area is 111 Å². The summed E-state index contributed by atoms with van der Waals surface area (Å²) in [5.41, 5.74) is 0. The number of nitrogens with one attached hydrogen (secondary N) is 1. The summed E-state index contributed by atoms with van der Waals surface area (Å²) in [7, 11) is 0. The van der Waals surface area contributed by atoms with E-state index in [1.165, 1.54) is 0 Å². The Balaban J connectivity index is 1.69. The minimum atomic E-state index is -0.162. The number of carbonyl (C=O) groups is 1. The van der Waals surface area contributed by atoms with Crippen molar-refractivity contribution in [3.63, 3.8) is 0 Å². The number of benzene rings is 1. The van der Waals surface area contributed by atoms with Crippen molar-refractivity contribution in [1.82, 2.24) is 5.32 Å². The molecule has 4 nitrogen and oxygen atoms in total. The molecule has 1 atom stereocenters. The molecule has 0 aliphatic carbocycles. The maximum Gasteiger partial charge on any atom is 0.258 e. The summed E-state index contributed by atoms with van der Waals surface area (Å²) in [4.78, 5) is 11.5. The highest BCUT2D eigenvalue weighted by atomic mass is 35.5. The molecule has 5 heteroatoms. The predicted octanol–water partition coefficient (Wildman–Crippen LogP) is 2.01. The number of ether oxygens (including phenoxy) is 2. The monoisotopic (exact) mass is 269 g/mol. The molecule has 1 amide bonds. The van der Waals surface area contributed by atoms with Gasteiger partial charge in [0.05, 0.1) is 11.1 Å². The van der Waals surface area contributed by atoms with Gasteiger partial charge in [-0.3, -0.25) is 4.79 Å². The van der Waals surface area contributed by atoms with Crippen LogP contribution in [0, 0.1) is 0 Å². The Hall–Kier alpha value is -1.26. The van der Waals surface area contributed by atoms with Gasteiger partial charge >= 0.3 is 0 Å². The molecule has 1 aromatic rings. The second kappa shape index (κ2) is 6.61. The second-order valence-electron chi connectivity index (χ2n) is 4.16. The molecule has 2 rings (SSSR count). The molecule has 1 fully saturated rings. The van der Waals surface area contributed by atoms with E-state index >= 15 is 0 Å². The van der Waals surface area contributed by atoms with Crippen LogP contribution < -0.4 is 10.1 Å². The van der Waals surface area contributed by atoms with Crippen LogP contribution in [-0.2, 0) is 9.53 Å². The Morgan fingerprint density at radius 3 is 3.06 bits per heavy atom. The fraction of sp³-hybridized carbons (Fsp3) is 0.462. The highest BCUT2D eigenvalue weighted by Crippen LogP contribution is 2.22. The normalized spacial score (nSPS) is 18.6. The zero-order valence-electron chi connectivity index (χ0n) is 10.0. The standard InChI is InChI=1S/C13H16ClNO3/c14-11-5-1-2-6-12(11)18-9-13(16)15-8-10-4-3-7-17-10/h1-2,5-6,10H,3-4,7-9H2,(H,15,16). The second-order valence-corrected chi connectivity index (χ2v) is 4.57. The minimum absolute atomic E-state index is 0.0313. The molecule has 1 aliphatic heterocycles. The highest BCUT2D eigenvalue weighted by molar-refractivity contribution is 6.32. The smallest absolute Gasteiger partial charge is 0.258 e. The molecule has 18 heavy (non-hydrogen) atoms. The van der Waals surface area contributed by atoms with Crippen LogP contribution in [0.2, 0.25) is 5.02 Å². The van der Waals surface area contributed by atoms with Crippen LogP contribution in [0.1, 0.15) is 12.8 Å². The van der Waals surface area contributed by atoms with Crippen LogP contribution >= 0.6 is 11.6 Å². The maximum absolute atomic E-state index is 11.5. The molecule has 1 aliphatic rings. The van der Waals surface area contributed by atoms with Crippen molar-refractivity contribution >= 4 is 17.5 Å².